The van der Waals surface area contributed by atoms with Gasteiger partial charge in [0.05, 0.1) is 6.17 Å². The zero-order valence-electron chi connectivity index (χ0n) is 24.1. The quantitative estimate of drug-likeness (QED) is 0.138. The Morgan fingerprint density at radius 2 is 1.11 bits per heavy atom. The maximum atomic E-state index is 3.72. The number of rotatable bonds is 21. The number of unbranched alkanes of at least 4 members (excludes halogenated alkanes) is 11. The molecule has 0 bridgehead atoms. The van der Waals surface area contributed by atoms with Crippen LogP contribution < -0.4 is 5.32 Å². The highest BCUT2D eigenvalue weighted by atomic mass is 15.2. The number of nitrogens with one attached hydrogen (secondary N) is 1. The summed E-state index contributed by atoms with van der Waals surface area (Å²) < 4.78 is 0. The van der Waals surface area contributed by atoms with Gasteiger partial charge in [0.1, 0.15) is 0 Å². The number of nitrogens with zero attached hydrogens (tertiary/aromatic N) is 1. The number of hydrogen-bond acceptors (Lipinski definition) is 2. The van der Waals surface area contributed by atoms with Crippen molar-refractivity contribution in [3.63, 3.8) is 0 Å². The molecule has 2 rings (SSSR count). The summed E-state index contributed by atoms with van der Waals surface area (Å²) in [6.07, 6.45) is 21.8. The van der Waals surface area contributed by atoms with Crippen LogP contribution in [0.25, 0.3) is 0 Å². The van der Waals surface area contributed by atoms with E-state index in [2.05, 4.69) is 98.9 Å². The van der Waals surface area contributed by atoms with Crippen LogP contribution in [0, 0.1) is 0 Å². The highest BCUT2D eigenvalue weighted by molar-refractivity contribution is 5.28. The van der Waals surface area contributed by atoms with E-state index in [1.54, 1.807) is 0 Å². The fourth-order valence-electron chi connectivity index (χ4n) is 6.16. The fourth-order valence-corrected chi connectivity index (χ4v) is 6.16. The van der Waals surface area contributed by atoms with Crippen LogP contribution in [0.3, 0.4) is 0 Å². The zero-order chi connectivity index (χ0) is 25.9. The van der Waals surface area contributed by atoms with Crippen LogP contribution in [-0.2, 0) is 11.8 Å². The third-order valence-corrected chi connectivity index (χ3v) is 8.07. The molecule has 0 saturated heterocycles. The van der Waals surface area contributed by atoms with Gasteiger partial charge in [-0.2, -0.15) is 0 Å². The Balaban J connectivity index is 1.96. The first kappa shape index (κ1) is 30.6. The molecule has 0 saturated carbocycles. The SMILES string of the molecule is CCCCCCCCCCCCC(CCCCCc1ccccc1)(c1ccccc1)C(NC)N(C)C. The maximum Gasteiger partial charge on any atom is 0.0689 e. The topological polar surface area (TPSA) is 15.3 Å². The highest BCUT2D eigenvalue weighted by Gasteiger charge is 2.40. The third-order valence-electron chi connectivity index (χ3n) is 8.07. The molecule has 2 heteroatoms. The van der Waals surface area contributed by atoms with E-state index >= 15 is 0 Å². The minimum absolute atomic E-state index is 0.145. The van der Waals surface area contributed by atoms with Crippen LogP contribution in [-0.4, -0.2) is 32.2 Å². The summed E-state index contributed by atoms with van der Waals surface area (Å²) in [5.74, 6) is 0. The number of aryl methyl sites for hydroxylation is 1. The van der Waals surface area contributed by atoms with Gasteiger partial charge in [-0.05, 0) is 58.0 Å². The minimum atomic E-state index is 0.145. The summed E-state index contributed by atoms with van der Waals surface area (Å²) in [7, 11) is 6.63. The monoisotopic (exact) mass is 492 g/mol. The summed E-state index contributed by atoms with van der Waals surface area (Å²) in [4.78, 5) is 2.41. The molecule has 2 nitrogen and oxygen atoms in total. The van der Waals surface area contributed by atoms with E-state index in [9.17, 15) is 0 Å². The lowest BCUT2D eigenvalue weighted by Crippen LogP contribution is -2.55. The molecule has 0 fully saturated rings. The van der Waals surface area contributed by atoms with Gasteiger partial charge in [-0.15, -0.1) is 0 Å². The first-order valence-corrected chi connectivity index (χ1v) is 15.1. The van der Waals surface area contributed by atoms with Crippen molar-refractivity contribution in [2.24, 2.45) is 0 Å². The van der Waals surface area contributed by atoms with Crippen LogP contribution in [0.2, 0.25) is 0 Å². The lowest BCUT2D eigenvalue weighted by molar-refractivity contribution is 0.121. The maximum absolute atomic E-state index is 3.72. The molecular formula is C34H56N2. The van der Waals surface area contributed by atoms with Crippen molar-refractivity contribution in [2.45, 2.75) is 121 Å². The van der Waals surface area contributed by atoms with Crippen molar-refractivity contribution in [3.05, 3.63) is 71.8 Å². The third kappa shape index (κ3) is 10.8. The van der Waals surface area contributed by atoms with Crippen molar-refractivity contribution in [1.82, 2.24) is 10.2 Å². The van der Waals surface area contributed by atoms with Gasteiger partial charge >= 0.3 is 0 Å². The molecule has 0 radical (unpaired) electrons. The standard InChI is InChI=1S/C34H56N2/c1-5-6-7-8-9-10-11-12-13-22-29-34(33(35-2)36(3)4,32-27-20-15-21-28-32)30-23-16-19-26-31-24-17-14-18-25-31/h14-15,17-18,20-21,24-25,27-28,33,35H,5-13,16,19,22-23,26,29-30H2,1-4H3. The molecule has 0 spiro atoms. The van der Waals surface area contributed by atoms with E-state index in [-0.39, 0.29) is 5.41 Å². The second-order valence-corrected chi connectivity index (χ2v) is 11.2. The largest absolute Gasteiger partial charge is 0.304 e. The van der Waals surface area contributed by atoms with Gasteiger partial charge in [0.25, 0.3) is 0 Å². The van der Waals surface area contributed by atoms with Crippen LogP contribution in [0.4, 0.5) is 0 Å². The Labute approximate surface area is 224 Å². The Kier molecular flexibility index (Phi) is 15.8. The van der Waals surface area contributed by atoms with E-state index in [0.29, 0.717) is 6.17 Å². The van der Waals surface area contributed by atoms with E-state index in [4.69, 9.17) is 0 Å². The molecule has 0 amide bonds. The van der Waals surface area contributed by atoms with Crippen LogP contribution in [0.1, 0.15) is 114 Å². The molecule has 0 aliphatic heterocycles. The van der Waals surface area contributed by atoms with E-state index < -0.39 is 0 Å². The van der Waals surface area contributed by atoms with E-state index in [0.717, 1.165) is 0 Å². The molecule has 0 aliphatic carbocycles. The van der Waals surface area contributed by atoms with Crippen LogP contribution in [0.5, 0.6) is 0 Å². The molecular weight excluding hydrogens is 436 g/mol. The molecule has 0 heterocycles. The Hall–Kier alpha value is -1.64. The fraction of sp³-hybridized carbons (Fsp3) is 0.647. The van der Waals surface area contributed by atoms with Gasteiger partial charge in [0.2, 0.25) is 0 Å². The smallest absolute Gasteiger partial charge is 0.0689 e. The molecule has 2 unspecified atom stereocenters. The lowest BCUT2D eigenvalue weighted by Gasteiger charge is -2.45. The molecule has 2 aromatic rings. The second kappa shape index (κ2) is 18.6. The van der Waals surface area contributed by atoms with Crippen molar-refractivity contribution < 1.29 is 0 Å². The molecule has 202 valence electrons. The normalized spacial score (nSPS) is 14.1. The molecule has 2 atom stereocenters. The summed E-state index contributed by atoms with van der Waals surface area (Å²) in [5, 5.41) is 3.72. The van der Waals surface area contributed by atoms with E-state index in [1.165, 1.54) is 114 Å². The summed E-state index contributed by atoms with van der Waals surface area (Å²) in [6, 6.07) is 22.4. The predicted octanol–water partition coefficient (Wildman–Crippen LogP) is 9.15. The molecule has 2 aromatic carbocycles. The molecule has 36 heavy (non-hydrogen) atoms. The molecule has 1 N–H and O–H groups in total. The predicted molar refractivity (Wildman–Crippen MR) is 160 cm³/mol. The van der Waals surface area contributed by atoms with Crippen LogP contribution in [0.15, 0.2) is 60.7 Å². The van der Waals surface area contributed by atoms with Gasteiger partial charge in [0.15, 0.2) is 0 Å². The summed E-state index contributed by atoms with van der Waals surface area (Å²) >= 11 is 0. The number of likely N-dealkylation sites (N-methyl/N-ethyl adjacent to an activating group) is 2. The average Bonchev–Trinajstić information content (AvgIpc) is 2.90. The number of hydrogen-bond donors (Lipinski definition) is 1. The summed E-state index contributed by atoms with van der Waals surface area (Å²) in [6.45, 7) is 2.30. The summed E-state index contributed by atoms with van der Waals surface area (Å²) in [5.41, 5.74) is 3.13. The highest BCUT2D eigenvalue weighted by Crippen LogP contribution is 2.40. The first-order valence-electron chi connectivity index (χ1n) is 15.1. The van der Waals surface area contributed by atoms with Gasteiger partial charge in [-0.1, -0.05) is 145 Å². The zero-order valence-corrected chi connectivity index (χ0v) is 24.1. The van der Waals surface area contributed by atoms with Gasteiger partial charge in [-0.25, -0.2) is 0 Å². The Morgan fingerprint density at radius 3 is 1.61 bits per heavy atom. The first-order chi connectivity index (χ1) is 17.6. The van der Waals surface area contributed by atoms with Gasteiger partial charge in [-0.3, -0.25) is 4.90 Å². The van der Waals surface area contributed by atoms with Crippen molar-refractivity contribution in [1.29, 1.82) is 0 Å². The van der Waals surface area contributed by atoms with Crippen molar-refractivity contribution in [3.8, 4) is 0 Å². The Bertz CT molecular complexity index is 757. The second-order valence-electron chi connectivity index (χ2n) is 11.2. The lowest BCUT2D eigenvalue weighted by atomic mass is 9.69. The number of benzene rings is 2. The molecule has 0 aliphatic rings. The van der Waals surface area contributed by atoms with Gasteiger partial charge < -0.3 is 5.32 Å². The van der Waals surface area contributed by atoms with Crippen molar-refractivity contribution in [2.75, 3.05) is 21.1 Å². The van der Waals surface area contributed by atoms with E-state index in [1.807, 2.05) is 0 Å². The molecule has 0 aromatic heterocycles. The minimum Gasteiger partial charge on any atom is -0.304 e. The van der Waals surface area contributed by atoms with Crippen molar-refractivity contribution >= 4 is 0 Å². The average molecular weight is 493 g/mol. The van der Waals surface area contributed by atoms with Crippen LogP contribution >= 0.6 is 0 Å². The Morgan fingerprint density at radius 1 is 0.639 bits per heavy atom. The van der Waals surface area contributed by atoms with Gasteiger partial charge in [0, 0.05) is 5.41 Å².